The van der Waals surface area contributed by atoms with Gasteiger partial charge in [0.25, 0.3) is 11.5 Å². The van der Waals surface area contributed by atoms with E-state index in [0.717, 1.165) is 11.3 Å². The van der Waals surface area contributed by atoms with Crippen LogP contribution in [0.2, 0.25) is 0 Å². The minimum atomic E-state index is -0.784. The third kappa shape index (κ3) is 5.03. The topological polar surface area (TPSA) is 135 Å². The summed E-state index contributed by atoms with van der Waals surface area (Å²) in [5.41, 5.74) is 2.80. The van der Waals surface area contributed by atoms with Crippen molar-refractivity contribution in [1.29, 1.82) is 0 Å². The number of carbonyl (C=O) groups is 1. The summed E-state index contributed by atoms with van der Waals surface area (Å²) in [6.45, 7) is 1.53. The monoisotopic (exact) mass is 345 g/mol. The number of carbonyl (C=O) groups excluding carboxylic acids is 1. The Morgan fingerprint density at radius 1 is 1.28 bits per heavy atom. The van der Waals surface area contributed by atoms with Gasteiger partial charge in [0, 0.05) is 19.8 Å². The molecule has 0 unspecified atom stereocenters. The number of rotatable bonds is 6. The first-order chi connectivity index (χ1) is 11.9. The lowest BCUT2D eigenvalue weighted by molar-refractivity contribution is -0.121. The summed E-state index contributed by atoms with van der Waals surface area (Å²) >= 11 is 0. The lowest BCUT2D eigenvalue weighted by Gasteiger charge is -2.12. The first-order valence-electron chi connectivity index (χ1n) is 7.42. The fourth-order valence-electron chi connectivity index (χ4n) is 1.84. The molecule has 1 heterocycles. The highest BCUT2D eigenvalue weighted by atomic mass is 16.2. The molecule has 0 aliphatic rings. The molecule has 1 aromatic carbocycles. The fraction of sp³-hybridized carbons (Fsp3) is 0.267. The maximum absolute atomic E-state index is 12.0. The van der Waals surface area contributed by atoms with E-state index in [-0.39, 0.29) is 5.82 Å². The molecule has 0 aliphatic carbocycles. The predicted octanol–water partition coefficient (Wildman–Crippen LogP) is -0.525. The van der Waals surface area contributed by atoms with Gasteiger partial charge in [-0.3, -0.25) is 14.6 Å². The highest BCUT2D eigenvalue weighted by Gasteiger charge is 2.14. The zero-order chi connectivity index (χ0) is 18.4. The van der Waals surface area contributed by atoms with Gasteiger partial charge in [-0.2, -0.15) is 5.10 Å². The molecule has 1 amide bonds. The van der Waals surface area contributed by atoms with Crippen molar-refractivity contribution in [3.63, 3.8) is 0 Å². The van der Waals surface area contributed by atoms with Gasteiger partial charge in [-0.1, -0.05) is 12.1 Å². The standard InChI is InChI=1S/C15H19N7O3/c1-9(17-12-14(24)18-15(25)21-19-12)13(23)20-16-8-10-4-6-11(7-5-10)22(2)3/h4-9H,1-3H3,(H,17,19)(H,20,23)(H2,18,21,24,25)/t9-/m1/s1. The Hall–Kier alpha value is -3.43. The van der Waals surface area contributed by atoms with Crippen LogP contribution in [0.15, 0.2) is 39.0 Å². The second-order valence-electron chi connectivity index (χ2n) is 5.44. The Morgan fingerprint density at radius 3 is 2.56 bits per heavy atom. The molecule has 2 aromatic rings. The molecule has 1 atom stereocenters. The molecule has 0 bridgehead atoms. The van der Waals surface area contributed by atoms with E-state index in [1.165, 1.54) is 13.1 Å². The average Bonchev–Trinajstić information content (AvgIpc) is 2.57. The lowest BCUT2D eigenvalue weighted by Crippen LogP contribution is -2.38. The summed E-state index contributed by atoms with van der Waals surface area (Å²) in [4.78, 5) is 38.3. The molecule has 0 aliphatic heterocycles. The Bertz CT molecular complexity index is 868. The van der Waals surface area contributed by atoms with E-state index in [1.807, 2.05) is 48.2 Å². The van der Waals surface area contributed by atoms with Gasteiger partial charge < -0.3 is 10.2 Å². The minimum absolute atomic E-state index is 0.162. The van der Waals surface area contributed by atoms with Gasteiger partial charge in [-0.15, -0.1) is 5.10 Å². The molecule has 1 aromatic heterocycles. The number of H-pyrrole nitrogens is 2. The average molecular weight is 345 g/mol. The first-order valence-corrected chi connectivity index (χ1v) is 7.42. The fourth-order valence-corrected chi connectivity index (χ4v) is 1.84. The van der Waals surface area contributed by atoms with Crippen molar-refractivity contribution in [2.45, 2.75) is 13.0 Å². The summed E-state index contributed by atoms with van der Waals surface area (Å²) in [6, 6.07) is 6.82. The van der Waals surface area contributed by atoms with Crippen LogP contribution in [-0.2, 0) is 4.79 Å². The molecule has 10 nitrogen and oxygen atoms in total. The van der Waals surface area contributed by atoms with E-state index in [1.54, 1.807) is 0 Å². The van der Waals surface area contributed by atoms with E-state index in [0.29, 0.717) is 0 Å². The first kappa shape index (κ1) is 17.9. The van der Waals surface area contributed by atoms with E-state index < -0.39 is 23.2 Å². The van der Waals surface area contributed by atoms with Crippen molar-refractivity contribution < 1.29 is 4.79 Å². The molecule has 132 valence electrons. The predicted molar refractivity (Wildman–Crippen MR) is 95.1 cm³/mol. The van der Waals surface area contributed by atoms with Crippen LogP contribution < -0.4 is 26.9 Å². The van der Waals surface area contributed by atoms with E-state index in [2.05, 4.69) is 26.0 Å². The molecule has 2 rings (SSSR count). The maximum Gasteiger partial charge on any atom is 0.342 e. The molecule has 25 heavy (non-hydrogen) atoms. The van der Waals surface area contributed by atoms with Crippen molar-refractivity contribution in [1.82, 2.24) is 20.6 Å². The van der Waals surface area contributed by atoms with E-state index >= 15 is 0 Å². The largest absolute Gasteiger partial charge is 0.378 e. The lowest BCUT2D eigenvalue weighted by atomic mass is 10.2. The third-order valence-corrected chi connectivity index (χ3v) is 3.26. The smallest absolute Gasteiger partial charge is 0.342 e. The Kier molecular flexibility index (Phi) is 5.66. The van der Waals surface area contributed by atoms with Crippen molar-refractivity contribution in [3.05, 3.63) is 50.7 Å². The number of anilines is 2. The Morgan fingerprint density at radius 2 is 1.96 bits per heavy atom. The van der Waals surface area contributed by atoms with Crippen molar-refractivity contribution >= 4 is 23.6 Å². The molecule has 10 heteroatoms. The molecule has 0 radical (unpaired) electrons. The normalized spacial score (nSPS) is 12.0. The molecule has 4 N–H and O–H groups in total. The second kappa shape index (κ2) is 7.90. The van der Waals surface area contributed by atoms with Crippen LogP contribution in [0.4, 0.5) is 11.5 Å². The SMILES string of the molecule is C[C@@H](Nc1n[nH]c(=O)[nH]c1=O)C(=O)NN=Cc1ccc(N(C)C)cc1. The molecular formula is C15H19N7O3. The van der Waals surface area contributed by atoms with Crippen LogP contribution >= 0.6 is 0 Å². The van der Waals surface area contributed by atoms with Gasteiger partial charge in [0.2, 0.25) is 5.82 Å². The number of amides is 1. The number of aromatic amines is 2. The van der Waals surface area contributed by atoms with Crippen LogP contribution in [0.1, 0.15) is 12.5 Å². The van der Waals surface area contributed by atoms with Crippen LogP contribution in [-0.4, -0.2) is 47.4 Å². The summed E-state index contributed by atoms with van der Waals surface area (Å²) in [6.07, 6.45) is 1.51. The van der Waals surface area contributed by atoms with Gasteiger partial charge in [0.05, 0.1) is 6.21 Å². The van der Waals surface area contributed by atoms with Crippen molar-refractivity contribution in [2.24, 2.45) is 5.10 Å². The van der Waals surface area contributed by atoms with Gasteiger partial charge in [-0.25, -0.2) is 15.3 Å². The molecule has 0 fully saturated rings. The quantitative estimate of drug-likeness (QED) is 0.411. The van der Waals surface area contributed by atoms with Crippen molar-refractivity contribution in [3.8, 4) is 0 Å². The van der Waals surface area contributed by atoms with Crippen molar-refractivity contribution in [2.75, 3.05) is 24.3 Å². The number of aromatic nitrogens is 3. The third-order valence-electron chi connectivity index (χ3n) is 3.26. The number of hydrazone groups is 1. The summed E-state index contributed by atoms with van der Waals surface area (Å²) < 4.78 is 0. The number of benzene rings is 1. The molecule has 0 saturated heterocycles. The van der Waals surface area contributed by atoms with E-state index in [4.69, 9.17) is 0 Å². The van der Waals surface area contributed by atoms with Gasteiger partial charge in [0.1, 0.15) is 6.04 Å². The van der Waals surface area contributed by atoms with Crippen LogP contribution in [0.25, 0.3) is 0 Å². The van der Waals surface area contributed by atoms with Gasteiger partial charge in [0.15, 0.2) is 0 Å². The molecular weight excluding hydrogens is 326 g/mol. The van der Waals surface area contributed by atoms with Crippen LogP contribution in [0.3, 0.4) is 0 Å². The Labute approximate surface area is 143 Å². The minimum Gasteiger partial charge on any atom is -0.378 e. The summed E-state index contributed by atoms with van der Waals surface area (Å²) in [7, 11) is 3.89. The second-order valence-corrected chi connectivity index (χ2v) is 5.44. The molecule has 0 saturated carbocycles. The van der Waals surface area contributed by atoms with Gasteiger partial charge in [-0.05, 0) is 24.6 Å². The Balaban J connectivity index is 1.92. The zero-order valence-corrected chi connectivity index (χ0v) is 14.0. The van der Waals surface area contributed by atoms with Gasteiger partial charge >= 0.3 is 5.69 Å². The molecule has 0 spiro atoms. The number of nitrogens with one attached hydrogen (secondary N) is 4. The highest BCUT2D eigenvalue weighted by molar-refractivity contribution is 5.86. The highest BCUT2D eigenvalue weighted by Crippen LogP contribution is 2.10. The van der Waals surface area contributed by atoms with Crippen LogP contribution in [0.5, 0.6) is 0 Å². The maximum atomic E-state index is 12.0. The number of nitrogens with zero attached hydrogens (tertiary/aromatic N) is 3. The zero-order valence-electron chi connectivity index (χ0n) is 14.0. The summed E-state index contributed by atoms with van der Waals surface area (Å²) in [5.74, 6) is -0.626. The van der Waals surface area contributed by atoms with Crippen LogP contribution in [0, 0.1) is 0 Å². The number of hydrogen-bond donors (Lipinski definition) is 4. The number of hydrogen-bond acceptors (Lipinski definition) is 7. The van der Waals surface area contributed by atoms with E-state index in [9.17, 15) is 14.4 Å². The summed E-state index contributed by atoms with van der Waals surface area (Å²) in [5, 5.41) is 12.1.